The number of nitrogens with two attached hydrogens (primary N) is 1. The molecule has 0 aromatic carbocycles. The Balaban J connectivity index is 1.88. The summed E-state index contributed by atoms with van der Waals surface area (Å²) >= 11 is 0. The third-order valence-electron chi connectivity index (χ3n) is 3.74. The predicted molar refractivity (Wildman–Crippen MR) is 59.5 cm³/mol. The summed E-state index contributed by atoms with van der Waals surface area (Å²) in [7, 11) is 0. The highest BCUT2D eigenvalue weighted by atomic mass is 16.2. The van der Waals surface area contributed by atoms with Crippen LogP contribution in [-0.4, -0.2) is 36.6 Å². The van der Waals surface area contributed by atoms with Gasteiger partial charge in [-0.2, -0.15) is 0 Å². The number of primary amides is 1. The quantitative estimate of drug-likeness (QED) is 0.677. The molecule has 1 saturated heterocycles. The Labute approximate surface area is 91.2 Å². The minimum Gasteiger partial charge on any atom is -0.351 e. The molecule has 0 aromatic heterocycles. The van der Waals surface area contributed by atoms with E-state index in [1.54, 1.807) is 4.90 Å². The number of carbonyl (C=O) groups excluding carboxylic acids is 1. The molecule has 0 spiro atoms. The van der Waals surface area contributed by atoms with Gasteiger partial charge in [0, 0.05) is 25.7 Å². The molecule has 2 aliphatic rings. The summed E-state index contributed by atoms with van der Waals surface area (Å²) in [6.45, 7) is 2.46. The van der Waals surface area contributed by atoms with Gasteiger partial charge in [0.1, 0.15) is 0 Å². The van der Waals surface area contributed by atoms with Gasteiger partial charge in [-0.1, -0.05) is 19.3 Å². The highest BCUT2D eigenvalue weighted by molar-refractivity contribution is 5.72. The van der Waals surface area contributed by atoms with Crippen molar-refractivity contribution in [2.45, 2.75) is 38.1 Å². The molecule has 1 aliphatic carbocycles. The minimum absolute atomic E-state index is 0.266. The fourth-order valence-corrected chi connectivity index (χ4v) is 2.83. The normalized spacial score (nSPS) is 29.1. The van der Waals surface area contributed by atoms with Gasteiger partial charge in [0.2, 0.25) is 0 Å². The van der Waals surface area contributed by atoms with Gasteiger partial charge < -0.3 is 16.0 Å². The van der Waals surface area contributed by atoms with Crippen LogP contribution in [-0.2, 0) is 0 Å². The third-order valence-corrected chi connectivity index (χ3v) is 3.74. The van der Waals surface area contributed by atoms with Crippen molar-refractivity contribution >= 4 is 6.03 Å². The molecule has 0 aromatic rings. The van der Waals surface area contributed by atoms with Gasteiger partial charge in [0.15, 0.2) is 0 Å². The number of nitrogens with zero attached hydrogens (tertiary/aromatic N) is 1. The van der Waals surface area contributed by atoms with E-state index in [-0.39, 0.29) is 6.03 Å². The first-order chi connectivity index (χ1) is 7.27. The topological polar surface area (TPSA) is 58.4 Å². The summed E-state index contributed by atoms with van der Waals surface area (Å²) in [6, 6.07) is 0.212. The first-order valence-corrected chi connectivity index (χ1v) is 6.05. The SMILES string of the molecule is NC(=O)N1CCNC(C2CCCCC2)C1. The Bertz CT molecular complexity index is 226. The van der Waals surface area contributed by atoms with E-state index in [2.05, 4.69) is 5.32 Å². The number of urea groups is 1. The molecule has 1 unspecified atom stereocenters. The second-order valence-corrected chi connectivity index (χ2v) is 4.74. The van der Waals surface area contributed by atoms with Crippen molar-refractivity contribution < 1.29 is 4.79 Å². The molecule has 4 nitrogen and oxygen atoms in total. The molecule has 1 atom stereocenters. The van der Waals surface area contributed by atoms with Crippen LogP contribution in [0.2, 0.25) is 0 Å². The smallest absolute Gasteiger partial charge is 0.314 e. The maximum absolute atomic E-state index is 11.1. The van der Waals surface area contributed by atoms with E-state index in [0.717, 1.165) is 25.6 Å². The van der Waals surface area contributed by atoms with E-state index < -0.39 is 0 Å². The Morgan fingerprint density at radius 1 is 1.27 bits per heavy atom. The fourth-order valence-electron chi connectivity index (χ4n) is 2.83. The predicted octanol–water partition coefficient (Wildman–Crippen LogP) is 0.919. The zero-order valence-electron chi connectivity index (χ0n) is 9.24. The third kappa shape index (κ3) is 2.62. The monoisotopic (exact) mass is 211 g/mol. The molecule has 0 radical (unpaired) electrons. The van der Waals surface area contributed by atoms with Gasteiger partial charge in [-0.15, -0.1) is 0 Å². The van der Waals surface area contributed by atoms with Crippen molar-refractivity contribution in [3.05, 3.63) is 0 Å². The van der Waals surface area contributed by atoms with Crippen molar-refractivity contribution in [1.29, 1.82) is 0 Å². The number of amides is 2. The first-order valence-electron chi connectivity index (χ1n) is 6.05. The average Bonchev–Trinajstić information content (AvgIpc) is 2.30. The summed E-state index contributed by atoms with van der Waals surface area (Å²) in [4.78, 5) is 12.9. The molecule has 4 heteroatoms. The van der Waals surface area contributed by atoms with Crippen molar-refractivity contribution in [3.63, 3.8) is 0 Å². The van der Waals surface area contributed by atoms with E-state index in [0.29, 0.717) is 6.04 Å². The molecule has 1 saturated carbocycles. The lowest BCUT2D eigenvalue weighted by Gasteiger charge is -2.38. The standard InChI is InChI=1S/C11H21N3O/c12-11(15)14-7-6-13-10(8-14)9-4-2-1-3-5-9/h9-10,13H,1-8H2,(H2,12,15). The number of hydrogen-bond acceptors (Lipinski definition) is 2. The van der Waals surface area contributed by atoms with Gasteiger partial charge in [0.25, 0.3) is 0 Å². The molecule has 0 bridgehead atoms. The molecular weight excluding hydrogens is 190 g/mol. The highest BCUT2D eigenvalue weighted by Gasteiger charge is 2.28. The molecule has 2 amide bonds. The maximum atomic E-state index is 11.1. The van der Waals surface area contributed by atoms with Crippen LogP contribution in [0.3, 0.4) is 0 Å². The average molecular weight is 211 g/mol. The van der Waals surface area contributed by atoms with Crippen LogP contribution in [0.15, 0.2) is 0 Å². The summed E-state index contributed by atoms with van der Waals surface area (Å²) < 4.78 is 0. The molecule has 2 rings (SSSR count). The van der Waals surface area contributed by atoms with Crippen LogP contribution < -0.4 is 11.1 Å². The van der Waals surface area contributed by atoms with Crippen LogP contribution in [0, 0.1) is 5.92 Å². The zero-order valence-corrected chi connectivity index (χ0v) is 9.24. The van der Waals surface area contributed by atoms with E-state index in [9.17, 15) is 4.79 Å². The van der Waals surface area contributed by atoms with Crippen LogP contribution in [0.25, 0.3) is 0 Å². The van der Waals surface area contributed by atoms with E-state index >= 15 is 0 Å². The van der Waals surface area contributed by atoms with Gasteiger partial charge in [-0.25, -0.2) is 4.79 Å². The Morgan fingerprint density at radius 2 is 2.00 bits per heavy atom. The van der Waals surface area contributed by atoms with Crippen molar-refractivity contribution in [3.8, 4) is 0 Å². The minimum atomic E-state index is -0.266. The molecule has 1 aliphatic heterocycles. The molecule has 15 heavy (non-hydrogen) atoms. The number of carbonyl (C=O) groups is 1. The van der Waals surface area contributed by atoms with Gasteiger partial charge in [0.05, 0.1) is 0 Å². The van der Waals surface area contributed by atoms with Gasteiger partial charge in [-0.05, 0) is 18.8 Å². The molecular formula is C11H21N3O. The Kier molecular flexibility index (Phi) is 3.46. The van der Waals surface area contributed by atoms with Crippen LogP contribution in [0.5, 0.6) is 0 Å². The van der Waals surface area contributed by atoms with Crippen molar-refractivity contribution in [1.82, 2.24) is 10.2 Å². The number of piperazine rings is 1. The second kappa shape index (κ2) is 4.84. The number of hydrogen-bond donors (Lipinski definition) is 2. The number of nitrogens with one attached hydrogen (secondary N) is 1. The largest absolute Gasteiger partial charge is 0.351 e. The molecule has 3 N–H and O–H groups in total. The second-order valence-electron chi connectivity index (χ2n) is 4.74. The van der Waals surface area contributed by atoms with Crippen molar-refractivity contribution in [2.75, 3.05) is 19.6 Å². The van der Waals surface area contributed by atoms with E-state index in [1.165, 1.54) is 32.1 Å². The summed E-state index contributed by atoms with van der Waals surface area (Å²) in [5.41, 5.74) is 5.32. The molecule has 1 heterocycles. The van der Waals surface area contributed by atoms with Crippen LogP contribution in [0.1, 0.15) is 32.1 Å². The maximum Gasteiger partial charge on any atom is 0.314 e. The number of rotatable bonds is 1. The summed E-state index contributed by atoms with van der Waals surface area (Å²) in [6.07, 6.45) is 6.69. The van der Waals surface area contributed by atoms with Gasteiger partial charge in [-0.3, -0.25) is 0 Å². The lowest BCUT2D eigenvalue weighted by atomic mass is 9.83. The van der Waals surface area contributed by atoms with Crippen LogP contribution >= 0.6 is 0 Å². The lowest BCUT2D eigenvalue weighted by Crippen LogP contribution is -2.56. The lowest BCUT2D eigenvalue weighted by molar-refractivity contribution is 0.155. The van der Waals surface area contributed by atoms with E-state index in [4.69, 9.17) is 5.73 Å². The van der Waals surface area contributed by atoms with Crippen molar-refractivity contribution in [2.24, 2.45) is 11.7 Å². The Hall–Kier alpha value is -0.770. The molecule has 86 valence electrons. The Morgan fingerprint density at radius 3 is 2.67 bits per heavy atom. The zero-order chi connectivity index (χ0) is 10.7. The molecule has 2 fully saturated rings. The highest BCUT2D eigenvalue weighted by Crippen LogP contribution is 2.27. The first kappa shape index (κ1) is 10.7. The summed E-state index contributed by atoms with van der Waals surface area (Å²) in [5.74, 6) is 0.751. The summed E-state index contributed by atoms with van der Waals surface area (Å²) in [5, 5.41) is 3.52. The fraction of sp³-hybridized carbons (Fsp3) is 0.909. The van der Waals surface area contributed by atoms with Gasteiger partial charge >= 0.3 is 6.03 Å². The van der Waals surface area contributed by atoms with Crippen LogP contribution in [0.4, 0.5) is 4.79 Å². The van der Waals surface area contributed by atoms with E-state index in [1.807, 2.05) is 0 Å².